The van der Waals surface area contributed by atoms with Gasteiger partial charge >= 0.3 is 0 Å². The van der Waals surface area contributed by atoms with Gasteiger partial charge in [-0.05, 0) is 30.4 Å². The van der Waals surface area contributed by atoms with E-state index in [4.69, 9.17) is 0 Å². The minimum Gasteiger partial charge on any atom is -0.354 e. The first-order valence-electron chi connectivity index (χ1n) is 8.66. The van der Waals surface area contributed by atoms with Crippen LogP contribution in [0.15, 0.2) is 35.6 Å². The largest absolute Gasteiger partial charge is 0.354 e. The lowest BCUT2D eigenvalue weighted by Crippen LogP contribution is -2.44. The molecule has 2 atom stereocenters. The highest BCUT2D eigenvalue weighted by molar-refractivity contribution is 5.80. The molecule has 3 rings (SSSR count). The Balaban J connectivity index is 1.57. The molecule has 0 bridgehead atoms. The quantitative estimate of drug-likeness (QED) is 0.596. The van der Waals surface area contributed by atoms with E-state index in [0.717, 1.165) is 29.8 Å². The third-order valence-corrected chi connectivity index (χ3v) is 4.58. The first-order chi connectivity index (χ1) is 11.7. The Labute approximate surface area is 143 Å². The van der Waals surface area contributed by atoms with Crippen molar-refractivity contribution in [3.63, 3.8) is 0 Å². The number of rotatable bonds is 4. The Morgan fingerprint density at radius 2 is 2.29 bits per heavy atom. The zero-order chi connectivity index (χ0) is 16.8. The predicted octanol–water partition coefficient (Wildman–Crippen LogP) is 2.72. The summed E-state index contributed by atoms with van der Waals surface area (Å²) in [5, 5.41) is 13.8. The van der Waals surface area contributed by atoms with Crippen molar-refractivity contribution in [2.24, 2.45) is 10.9 Å². The van der Waals surface area contributed by atoms with Crippen LogP contribution in [0.25, 0.3) is 11.4 Å². The van der Waals surface area contributed by atoms with Gasteiger partial charge in [0.15, 0.2) is 11.8 Å². The molecule has 1 heterocycles. The molecule has 1 saturated carbocycles. The van der Waals surface area contributed by atoms with Crippen molar-refractivity contribution in [2.75, 3.05) is 7.05 Å². The van der Waals surface area contributed by atoms with Crippen molar-refractivity contribution >= 4 is 5.96 Å². The fourth-order valence-corrected chi connectivity index (χ4v) is 3.31. The lowest BCUT2D eigenvalue weighted by molar-refractivity contribution is 0.324. The summed E-state index contributed by atoms with van der Waals surface area (Å²) in [4.78, 5) is 8.56. The van der Waals surface area contributed by atoms with Crippen molar-refractivity contribution in [3.05, 3.63) is 36.2 Å². The number of aromatic nitrogens is 3. The summed E-state index contributed by atoms with van der Waals surface area (Å²) in [5.41, 5.74) is 2.22. The number of hydrogen-bond acceptors (Lipinski definition) is 3. The number of nitrogens with zero attached hydrogens (tertiary/aromatic N) is 3. The maximum Gasteiger partial charge on any atom is 0.191 e. The highest BCUT2D eigenvalue weighted by Crippen LogP contribution is 2.23. The van der Waals surface area contributed by atoms with Crippen molar-refractivity contribution in [2.45, 2.75) is 45.2 Å². The van der Waals surface area contributed by atoms with Gasteiger partial charge in [-0.15, -0.1) is 0 Å². The molecule has 0 amide bonds. The van der Waals surface area contributed by atoms with Gasteiger partial charge in [0, 0.05) is 25.2 Å². The minimum atomic E-state index is 0.528. The predicted molar refractivity (Wildman–Crippen MR) is 96.6 cm³/mol. The highest BCUT2D eigenvalue weighted by Gasteiger charge is 2.19. The zero-order valence-electron chi connectivity index (χ0n) is 14.4. The zero-order valence-corrected chi connectivity index (χ0v) is 14.4. The van der Waals surface area contributed by atoms with Crippen LogP contribution in [0.3, 0.4) is 0 Å². The minimum absolute atomic E-state index is 0.528. The summed E-state index contributed by atoms with van der Waals surface area (Å²) >= 11 is 0. The molecule has 0 spiro atoms. The Morgan fingerprint density at radius 3 is 3.04 bits per heavy atom. The van der Waals surface area contributed by atoms with Gasteiger partial charge in [0.1, 0.15) is 6.33 Å². The van der Waals surface area contributed by atoms with Crippen LogP contribution < -0.4 is 10.6 Å². The van der Waals surface area contributed by atoms with Gasteiger partial charge in [-0.1, -0.05) is 38.0 Å². The summed E-state index contributed by atoms with van der Waals surface area (Å²) in [7, 11) is 1.83. The van der Waals surface area contributed by atoms with Gasteiger partial charge in [-0.2, -0.15) is 5.10 Å². The van der Waals surface area contributed by atoms with Crippen LogP contribution in [0.5, 0.6) is 0 Å². The van der Waals surface area contributed by atoms with Gasteiger partial charge < -0.3 is 10.6 Å². The van der Waals surface area contributed by atoms with E-state index in [1.54, 1.807) is 0 Å². The number of aliphatic imine (C=N–C) groups is 1. The van der Waals surface area contributed by atoms with E-state index in [-0.39, 0.29) is 0 Å². The molecule has 1 aliphatic carbocycles. The highest BCUT2D eigenvalue weighted by atomic mass is 15.2. The molecule has 2 aromatic rings. The van der Waals surface area contributed by atoms with Crippen molar-refractivity contribution in [1.29, 1.82) is 0 Å². The van der Waals surface area contributed by atoms with Gasteiger partial charge in [0.2, 0.25) is 0 Å². The van der Waals surface area contributed by atoms with Crippen LogP contribution in [-0.2, 0) is 6.54 Å². The monoisotopic (exact) mass is 326 g/mol. The molecule has 0 saturated heterocycles. The van der Waals surface area contributed by atoms with E-state index in [2.05, 4.69) is 49.9 Å². The third kappa shape index (κ3) is 4.34. The first-order valence-corrected chi connectivity index (χ1v) is 8.66. The maximum atomic E-state index is 4.36. The Hall–Kier alpha value is -2.37. The molecule has 0 aliphatic heterocycles. The molecular formula is C18H26N6. The fraction of sp³-hybridized carbons (Fsp3) is 0.500. The van der Waals surface area contributed by atoms with Gasteiger partial charge in [-0.25, -0.2) is 4.98 Å². The standard InChI is InChI=1S/C18H26N6/c1-13-5-3-8-16(9-13)23-18(19-2)20-11-14-6-4-7-15(10-14)17-21-12-22-24-17/h4,6-7,10,12-13,16H,3,5,8-9,11H2,1-2H3,(H2,19,20,23)(H,21,22,24). The van der Waals surface area contributed by atoms with Crippen molar-refractivity contribution in [3.8, 4) is 11.4 Å². The molecule has 0 radical (unpaired) electrons. The molecule has 3 N–H and O–H groups in total. The van der Waals surface area contributed by atoms with Gasteiger partial charge in [-0.3, -0.25) is 10.1 Å². The smallest absolute Gasteiger partial charge is 0.191 e. The molecule has 2 unspecified atom stereocenters. The number of guanidine groups is 1. The lowest BCUT2D eigenvalue weighted by atomic mass is 9.87. The van der Waals surface area contributed by atoms with E-state index in [1.165, 1.54) is 37.6 Å². The second-order valence-corrected chi connectivity index (χ2v) is 6.57. The SMILES string of the molecule is CN=C(NCc1cccc(-c2ncn[nH]2)c1)NC1CCCC(C)C1. The second-order valence-electron chi connectivity index (χ2n) is 6.57. The molecule has 1 aromatic heterocycles. The first kappa shape index (κ1) is 16.5. The van der Waals surface area contributed by atoms with Crippen LogP contribution in [0.4, 0.5) is 0 Å². The number of nitrogens with one attached hydrogen (secondary N) is 3. The molecule has 128 valence electrons. The summed E-state index contributed by atoms with van der Waals surface area (Å²) in [5.74, 6) is 2.46. The maximum absolute atomic E-state index is 4.36. The van der Waals surface area contributed by atoms with Crippen LogP contribution in [0.2, 0.25) is 0 Å². The van der Waals surface area contributed by atoms with E-state index >= 15 is 0 Å². The summed E-state index contributed by atoms with van der Waals surface area (Å²) in [6, 6.07) is 8.81. The molecular weight excluding hydrogens is 300 g/mol. The molecule has 1 fully saturated rings. The van der Waals surface area contributed by atoms with Crippen LogP contribution in [0.1, 0.15) is 38.2 Å². The number of H-pyrrole nitrogens is 1. The molecule has 6 heteroatoms. The summed E-state index contributed by atoms with van der Waals surface area (Å²) < 4.78 is 0. The van der Waals surface area contributed by atoms with Crippen LogP contribution >= 0.6 is 0 Å². The Morgan fingerprint density at radius 1 is 1.38 bits per heavy atom. The number of aromatic amines is 1. The summed E-state index contributed by atoms with van der Waals surface area (Å²) in [6.45, 7) is 3.06. The van der Waals surface area contributed by atoms with E-state index in [9.17, 15) is 0 Å². The van der Waals surface area contributed by atoms with Gasteiger partial charge in [0.25, 0.3) is 0 Å². The van der Waals surface area contributed by atoms with Crippen LogP contribution in [0, 0.1) is 5.92 Å². The number of hydrogen-bond donors (Lipinski definition) is 3. The van der Waals surface area contributed by atoms with E-state index in [0.29, 0.717) is 6.04 Å². The van der Waals surface area contributed by atoms with Crippen molar-refractivity contribution in [1.82, 2.24) is 25.8 Å². The fourth-order valence-electron chi connectivity index (χ4n) is 3.31. The molecule has 1 aliphatic rings. The third-order valence-electron chi connectivity index (χ3n) is 4.58. The van der Waals surface area contributed by atoms with Crippen LogP contribution in [-0.4, -0.2) is 34.2 Å². The average Bonchev–Trinajstić information content (AvgIpc) is 3.13. The molecule has 1 aromatic carbocycles. The molecule has 6 nitrogen and oxygen atoms in total. The lowest BCUT2D eigenvalue weighted by Gasteiger charge is -2.28. The van der Waals surface area contributed by atoms with E-state index in [1.807, 2.05) is 19.2 Å². The van der Waals surface area contributed by atoms with E-state index < -0.39 is 0 Å². The normalized spacial score (nSPS) is 21.5. The average molecular weight is 326 g/mol. The van der Waals surface area contributed by atoms with Crippen molar-refractivity contribution < 1.29 is 0 Å². The number of benzene rings is 1. The molecule has 24 heavy (non-hydrogen) atoms. The topological polar surface area (TPSA) is 78.0 Å². The Bertz CT molecular complexity index is 664. The second kappa shape index (κ2) is 7.95. The summed E-state index contributed by atoms with van der Waals surface area (Å²) in [6.07, 6.45) is 6.62. The Kier molecular flexibility index (Phi) is 5.46. The van der Waals surface area contributed by atoms with Gasteiger partial charge in [0.05, 0.1) is 0 Å².